The maximum atomic E-state index is 11.0. The highest BCUT2D eigenvalue weighted by atomic mass is 16.5. The van der Waals surface area contributed by atoms with Crippen molar-refractivity contribution in [2.75, 3.05) is 11.9 Å². The van der Waals surface area contributed by atoms with E-state index in [-0.39, 0.29) is 0 Å². The molecule has 0 radical (unpaired) electrons. The Balaban J connectivity index is 1.92. The van der Waals surface area contributed by atoms with Crippen LogP contribution in [0.2, 0.25) is 0 Å². The molecule has 2 aromatic rings. The molecule has 0 unspecified atom stereocenters. The van der Waals surface area contributed by atoms with Gasteiger partial charge >= 0.3 is 0 Å². The summed E-state index contributed by atoms with van der Waals surface area (Å²) < 4.78 is 5.40. The van der Waals surface area contributed by atoms with Gasteiger partial charge in [-0.15, -0.1) is 0 Å². The molecule has 0 spiro atoms. The summed E-state index contributed by atoms with van der Waals surface area (Å²) >= 11 is 0. The Labute approximate surface area is 118 Å². The molecular weight excluding hydrogens is 252 g/mol. The third-order valence-corrected chi connectivity index (χ3v) is 2.90. The molecule has 0 aliphatic heterocycles. The van der Waals surface area contributed by atoms with E-state index in [1.807, 2.05) is 43.3 Å². The Bertz CT molecular complexity index is 562. The van der Waals surface area contributed by atoms with E-state index < -0.39 is 5.91 Å². The van der Waals surface area contributed by atoms with E-state index in [1.54, 1.807) is 12.1 Å². The average molecular weight is 270 g/mol. The van der Waals surface area contributed by atoms with Gasteiger partial charge in [-0.3, -0.25) is 4.79 Å². The number of ether oxygens (including phenoxy) is 1. The van der Waals surface area contributed by atoms with Crippen LogP contribution in [0.4, 0.5) is 5.69 Å². The van der Waals surface area contributed by atoms with Crippen molar-refractivity contribution in [2.24, 2.45) is 5.73 Å². The average Bonchev–Trinajstić information content (AvgIpc) is 2.47. The molecule has 2 rings (SSSR count). The van der Waals surface area contributed by atoms with Crippen LogP contribution in [-0.2, 0) is 6.54 Å². The first-order valence-electron chi connectivity index (χ1n) is 6.54. The molecule has 3 N–H and O–H groups in total. The normalized spacial score (nSPS) is 10.1. The number of amides is 1. The van der Waals surface area contributed by atoms with Crippen LogP contribution in [-0.4, -0.2) is 12.5 Å². The zero-order chi connectivity index (χ0) is 14.4. The first-order chi connectivity index (χ1) is 9.69. The third-order valence-electron chi connectivity index (χ3n) is 2.90. The molecule has 0 saturated heterocycles. The highest BCUT2D eigenvalue weighted by Gasteiger charge is 2.00. The summed E-state index contributed by atoms with van der Waals surface area (Å²) in [6.45, 7) is 3.34. The van der Waals surface area contributed by atoms with Crippen LogP contribution in [0.3, 0.4) is 0 Å². The Kier molecular flexibility index (Phi) is 4.60. The lowest BCUT2D eigenvalue weighted by Crippen LogP contribution is -2.10. The number of primary amides is 1. The minimum Gasteiger partial charge on any atom is -0.494 e. The third kappa shape index (κ3) is 3.75. The lowest BCUT2D eigenvalue weighted by Gasteiger charge is -2.08. The van der Waals surface area contributed by atoms with E-state index in [1.165, 1.54) is 0 Å². The number of carbonyl (C=O) groups is 1. The Morgan fingerprint density at radius 1 is 1.10 bits per heavy atom. The second-order valence-corrected chi connectivity index (χ2v) is 4.37. The lowest BCUT2D eigenvalue weighted by atomic mass is 10.2. The number of hydrogen-bond acceptors (Lipinski definition) is 3. The molecule has 2 aromatic carbocycles. The fraction of sp³-hybridized carbons (Fsp3) is 0.188. The van der Waals surface area contributed by atoms with Crippen LogP contribution in [0.1, 0.15) is 22.8 Å². The Morgan fingerprint density at radius 3 is 2.30 bits per heavy atom. The number of anilines is 1. The number of rotatable bonds is 6. The van der Waals surface area contributed by atoms with Gasteiger partial charge in [-0.2, -0.15) is 0 Å². The van der Waals surface area contributed by atoms with Gasteiger partial charge in [0.15, 0.2) is 0 Å². The second-order valence-electron chi connectivity index (χ2n) is 4.37. The van der Waals surface area contributed by atoms with E-state index in [0.717, 1.165) is 17.0 Å². The van der Waals surface area contributed by atoms with Crippen molar-refractivity contribution < 1.29 is 9.53 Å². The summed E-state index contributed by atoms with van der Waals surface area (Å²) in [5.74, 6) is 0.463. The molecule has 0 atom stereocenters. The van der Waals surface area contributed by atoms with E-state index in [0.29, 0.717) is 18.7 Å². The SMILES string of the molecule is CCOc1ccc(CNc2ccc(C(N)=O)cc2)cc1. The fourth-order valence-corrected chi connectivity index (χ4v) is 1.83. The number of benzene rings is 2. The second kappa shape index (κ2) is 6.61. The highest BCUT2D eigenvalue weighted by molar-refractivity contribution is 5.93. The van der Waals surface area contributed by atoms with Crippen LogP contribution in [0.5, 0.6) is 5.75 Å². The summed E-state index contributed by atoms with van der Waals surface area (Å²) in [4.78, 5) is 11.0. The van der Waals surface area contributed by atoms with Gasteiger partial charge in [-0.1, -0.05) is 12.1 Å². The van der Waals surface area contributed by atoms with Crippen molar-refractivity contribution in [3.63, 3.8) is 0 Å². The smallest absolute Gasteiger partial charge is 0.248 e. The number of carbonyl (C=O) groups excluding carboxylic acids is 1. The van der Waals surface area contributed by atoms with E-state index in [9.17, 15) is 4.79 Å². The minimum atomic E-state index is -0.414. The predicted octanol–water partition coefficient (Wildman–Crippen LogP) is 2.80. The molecule has 1 amide bonds. The predicted molar refractivity (Wildman–Crippen MR) is 79.9 cm³/mol. The van der Waals surface area contributed by atoms with Gasteiger partial charge < -0.3 is 15.8 Å². The van der Waals surface area contributed by atoms with E-state index in [2.05, 4.69) is 5.32 Å². The summed E-state index contributed by atoms with van der Waals surface area (Å²) in [6.07, 6.45) is 0. The van der Waals surface area contributed by atoms with Crippen LogP contribution >= 0.6 is 0 Å². The quantitative estimate of drug-likeness (QED) is 0.848. The van der Waals surface area contributed by atoms with Gasteiger partial charge in [0, 0.05) is 17.8 Å². The molecule has 0 aliphatic rings. The maximum Gasteiger partial charge on any atom is 0.248 e. The highest BCUT2D eigenvalue weighted by Crippen LogP contribution is 2.14. The first kappa shape index (κ1) is 13.9. The molecule has 0 fully saturated rings. The van der Waals surface area contributed by atoms with Crippen molar-refractivity contribution in [3.05, 3.63) is 59.7 Å². The number of hydrogen-bond donors (Lipinski definition) is 2. The Morgan fingerprint density at radius 2 is 1.75 bits per heavy atom. The monoisotopic (exact) mass is 270 g/mol. The van der Waals surface area contributed by atoms with Crippen molar-refractivity contribution in [1.29, 1.82) is 0 Å². The topological polar surface area (TPSA) is 64.3 Å². The standard InChI is InChI=1S/C16H18N2O2/c1-2-20-15-9-3-12(4-10-15)11-18-14-7-5-13(6-8-14)16(17)19/h3-10,18H,2,11H2,1H3,(H2,17,19). The molecule has 0 saturated carbocycles. The van der Waals surface area contributed by atoms with Crippen molar-refractivity contribution >= 4 is 11.6 Å². The minimum absolute atomic E-state index is 0.414. The summed E-state index contributed by atoms with van der Waals surface area (Å²) in [7, 11) is 0. The molecule has 20 heavy (non-hydrogen) atoms. The van der Waals surface area contributed by atoms with Gasteiger partial charge in [0.25, 0.3) is 0 Å². The van der Waals surface area contributed by atoms with Crippen LogP contribution in [0.15, 0.2) is 48.5 Å². The van der Waals surface area contributed by atoms with Gasteiger partial charge in [-0.25, -0.2) is 0 Å². The van der Waals surface area contributed by atoms with Gasteiger partial charge in [0.1, 0.15) is 5.75 Å². The first-order valence-corrected chi connectivity index (χ1v) is 6.54. The molecule has 0 heterocycles. The van der Waals surface area contributed by atoms with Crippen LogP contribution in [0.25, 0.3) is 0 Å². The number of nitrogens with one attached hydrogen (secondary N) is 1. The Hall–Kier alpha value is -2.49. The van der Waals surface area contributed by atoms with Crippen LogP contribution < -0.4 is 15.8 Å². The maximum absolute atomic E-state index is 11.0. The summed E-state index contributed by atoms with van der Waals surface area (Å²) in [5.41, 5.74) is 7.81. The fourth-order valence-electron chi connectivity index (χ4n) is 1.83. The molecule has 0 bridgehead atoms. The van der Waals surface area contributed by atoms with Gasteiger partial charge in [-0.05, 0) is 48.9 Å². The van der Waals surface area contributed by atoms with Crippen LogP contribution in [0, 0.1) is 0 Å². The number of nitrogens with two attached hydrogens (primary N) is 1. The zero-order valence-corrected chi connectivity index (χ0v) is 11.4. The largest absolute Gasteiger partial charge is 0.494 e. The molecular formula is C16H18N2O2. The molecule has 4 heteroatoms. The molecule has 0 aliphatic carbocycles. The molecule has 104 valence electrons. The molecule has 4 nitrogen and oxygen atoms in total. The van der Waals surface area contributed by atoms with Crippen molar-refractivity contribution in [2.45, 2.75) is 13.5 Å². The van der Waals surface area contributed by atoms with Gasteiger partial charge in [0.05, 0.1) is 6.61 Å². The summed E-state index contributed by atoms with van der Waals surface area (Å²) in [6, 6.07) is 15.1. The van der Waals surface area contributed by atoms with Crippen molar-refractivity contribution in [1.82, 2.24) is 0 Å². The van der Waals surface area contributed by atoms with E-state index >= 15 is 0 Å². The summed E-state index contributed by atoms with van der Waals surface area (Å²) in [5, 5.41) is 3.29. The lowest BCUT2D eigenvalue weighted by molar-refractivity contribution is 0.100. The molecule has 0 aromatic heterocycles. The van der Waals surface area contributed by atoms with Gasteiger partial charge in [0.2, 0.25) is 5.91 Å². The van der Waals surface area contributed by atoms with Crippen molar-refractivity contribution in [3.8, 4) is 5.75 Å². The zero-order valence-electron chi connectivity index (χ0n) is 11.4. The van der Waals surface area contributed by atoms with E-state index in [4.69, 9.17) is 10.5 Å².